The van der Waals surface area contributed by atoms with Crippen LogP contribution >= 0.6 is 11.6 Å². The van der Waals surface area contributed by atoms with Gasteiger partial charge in [-0.25, -0.2) is 9.97 Å². The molecule has 1 saturated heterocycles. The number of anilines is 1. The molecule has 1 aromatic heterocycles. The zero-order valence-corrected chi connectivity index (χ0v) is 15.8. The second kappa shape index (κ2) is 7.16. The monoisotopic (exact) mass is 381 g/mol. The molecular weight excluding hydrogens is 362 g/mol. The minimum atomic E-state index is -0.747. The number of hydrogen-bond acceptors (Lipinski definition) is 4. The van der Waals surface area contributed by atoms with Crippen molar-refractivity contribution in [3.8, 4) is 11.1 Å². The van der Waals surface area contributed by atoms with Crippen molar-refractivity contribution in [1.29, 1.82) is 0 Å². The van der Waals surface area contributed by atoms with Crippen LogP contribution in [0, 0.1) is 12.8 Å². The molecule has 138 valence electrons. The number of fused-ring (bicyclic) bond motifs is 1. The van der Waals surface area contributed by atoms with Crippen molar-refractivity contribution in [3.63, 3.8) is 0 Å². The summed E-state index contributed by atoms with van der Waals surface area (Å²) in [5.74, 6) is -0.327. The molecule has 1 atom stereocenters. The van der Waals surface area contributed by atoms with Gasteiger partial charge in [0.15, 0.2) is 0 Å². The Morgan fingerprint density at radius 1 is 1.26 bits per heavy atom. The fourth-order valence-corrected chi connectivity index (χ4v) is 3.89. The maximum Gasteiger partial charge on any atom is 0.308 e. The van der Waals surface area contributed by atoms with Gasteiger partial charge in [0.05, 0.1) is 16.8 Å². The summed E-state index contributed by atoms with van der Waals surface area (Å²) in [5, 5.41) is 11.1. The smallest absolute Gasteiger partial charge is 0.308 e. The lowest BCUT2D eigenvalue weighted by Gasteiger charge is -2.32. The highest BCUT2D eigenvalue weighted by atomic mass is 35.5. The molecule has 2 aromatic carbocycles. The van der Waals surface area contributed by atoms with Crippen molar-refractivity contribution in [2.75, 3.05) is 18.0 Å². The largest absolute Gasteiger partial charge is 0.481 e. The Morgan fingerprint density at radius 2 is 2.11 bits per heavy atom. The maximum absolute atomic E-state index is 11.5. The van der Waals surface area contributed by atoms with Gasteiger partial charge in [-0.3, -0.25) is 4.79 Å². The number of carboxylic acid groups (broad SMARTS) is 1. The average Bonchev–Trinajstić information content (AvgIpc) is 2.69. The molecule has 1 aliphatic heterocycles. The van der Waals surface area contributed by atoms with E-state index in [4.69, 9.17) is 11.6 Å². The Bertz CT molecular complexity index is 1020. The molecule has 3 aromatic rings. The highest BCUT2D eigenvalue weighted by Crippen LogP contribution is 2.36. The van der Waals surface area contributed by atoms with Crippen LogP contribution in [0.15, 0.2) is 42.7 Å². The first-order chi connectivity index (χ1) is 13.0. The third kappa shape index (κ3) is 3.35. The van der Waals surface area contributed by atoms with Gasteiger partial charge in [-0.15, -0.1) is 0 Å². The van der Waals surface area contributed by atoms with E-state index >= 15 is 0 Å². The summed E-state index contributed by atoms with van der Waals surface area (Å²) in [4.78, 5) is 22.5. The molecule has 4 rings (SSSR count). The second-order valence-corrected chi connectivity index (χ2v) is 7.39. The molecule has 5 nitrogen and oxygen atoms in total. The maximum atomic E-state index is 11.5. The zero-order valence-electron chi connectivity index (χ0n) is 15.0. The van der Waals surface area contributed by atoms with Crippen LogP contribution in [0.5, 0.6) is 0 Å². The van der Waals surface area contributed by atoms with Crippen LogP contribution in [-0.2, 0) is 4.79 Å². The van der Waals surface area contributed by atoms with E-state index in [-0.39, 0.29) is 5.92 Å². The van der Waals surface area contributed by atoms with Gasteiger partial charge in [0, 0.05) is 18.1 Å². The summed E-state index contributed by atoms with van der Waals surface area (Å²) >= 11 is 6.35. The Kier molecular flexibility index (Phi) is 4.70. The first-order valence-electron chi connectivity index (χ1n) is 9.02. The van der Waals surface area contributed by atoms with E-state index in [2.05, 4.69) is 14.9 Å². The van der Waals surface area contributed by atoms with Gasteiger partial charge in [-0.05, 0) is 48.6 Å². The van der Waals surface area contributed by atoms with E-state index < -0.39 is 5.97 Å². The molecule has 2 heterocycles. The number of rotatable bonds is 3. The SMILES string of the molecule is Cc1ccc(-c2cccc3ncnc(N4CCC[C@@H](C(=O)O)C4)c23)cc1Cl. The van der Waals surface area contributed by atoms with E-state index in [1.54, 1.807) is 6.33 Å². The number of nitrogens with zero attached hydrogens (tertiary/aromatic N) is 3. The number of aliphatic carboxylic acids is 1. The molecule has 0 aliphatic carbocycles. The van der Waals surface area contributed by atoms with Crippen molar-refractivity contribution in [1.82, 2.24) is 9.97 Å². The Labute approximate surface area is 162 Å². The number of piperidine rings is 1. The summed E-state index contributed by atoms with van der Waals surface area (Å²) in [6, 6.07) is 12.0. The third-order valence-electron chi connectivity index (χ3n) is 5.20. The van der Waals surface area contributed by atoms with Crippen LogP contribution in [0.2, 0.25) is 5.02 Å². The highest BCUT2D eigenvalue weighted by Gasteiger charge is 2.27. The second-order valence-electron chi connectivity index (χ2n) is 6.98. The van der Waals surface area contributed by atoms with Crippen molar-refractivity contribution in [2.24, 2.45) is 5.92 Å². The Balaban J connectivity index is 1.87. The van der Waals surface area contributed by atoms with E-state index in [0.717, 1.165) is 46.4 Å². The summed E-state index contributed by atoms with van der Waals surface area (Å²) in [5.41, 5.74) is 3.87. The van der Waals surface area contributed by atoms with Crippen LogP contribution in [0.4, 0.5) is 5.82 Å². The lowest BCUT2D eigenvalue weighted by Crippen LogP contribution is -2.39. The van der Waals surface area contributed by atoms with Crippen molar-refractivity contribution in [2.45, 2.75) is 19.8 Å². The van der Waals surface area contributed by atoms with Crippen LogP contribution < -0.4 is 4.90 Å². The molecule has 1 fully saturated rings. The van der Waals surface area contributed by atoms with Crippen LogP contribution in [0.25, 0.3) is 22.0 Å². The van der Waals surface area contributed by atoms with Gasteiger partial charge in [0.25, 0.3) is 0 Å². The summed E-state index contributed by atoms with van der Waals surface area (Å²) in [6.45, 7) is 3.23. The molecule has 0 saturated carbocycles. The topological polar surface area (TPSA) is 66.3 Å². The molecule has 0 unspecified atom stereocenters. The molecule has 0 bridgehead atoms. The van der Waals surface area contributed by atoms with Gasteiger partial charge in [0.1, 0.15) is 12.1 Å². The number of aromatic nitrogens is 2. The Morgan fingerprint density at radius 3 is 2.89 bits per heavy atom. The predicted molar refractivity (Wildman–Crippen MR) is 107 cm³/mol. The third-order valence-corrected chi connectivity index (χ3v) is 5.60. The minimum Gasteiger partial charge on any atom is -0.481 e. The summed E-state index contributed by atoms with van der Waals surface area (Å²) in [7, 11) is 0. The normalized spacial score (nSPS) is 17.3. The first kappa shape index (κ1) is 17.7. The van der Waals surface area contributed by atoms with Crippen LogP contribution in [0.1, 0.15) is 18.4 Å². The van der Waals surface area contributed by atoms with Gasteiger partial charge in [-0.1, -0.05) is 35.9 Å². The van der Waals surface area contributed by atoms with E-state index in [1.807, 2.05) is 43.3 Å². The van der Waals surface area contributed by atoms with E-state index in [9.17, 15) is 9.90 Å². The zero-order chi connectivity index (χ0) is 19.0. The first-order valence-corrected chi connectivity index (χ1v) is 9.40. The number of carboxylic acids is 1. The standard InChI is InChI=1S/C21H20ClN3O2/c1-13-7-8-14(10-17(13)22)16-5-2-6-18-19(16)20(24-12-23-18)25-9-3-4-15(11-25)21(26)27/h2,5-8,10,12,15H,3-4,9,11H2,1H3,(H,26,27)/t15-/m1/s1. The van der Waals surface area contributed by atoms with Gasteiger partial charge >= 0.3 is 5.97 Å². The molecule has 6 heteroatoms. The van der Waals surface area contributed by atoms with Gasteiger partial charge in [0.2, 0.25) is 0 Å². The number of aryl methyl sites for hydroxylation is 1. The number of carbonyl (C=O) groups is 1. The van der Waals surface area contributed by atoms with Crippen molar-refractivity contribution >= 4 is 34.3 Å². The number of benzene rings is 2. The fraction of sp³-hybridized carbons (Fsp3) is 0.286. The molecular formula is C21H20ClN3O2. The number of hydrogen-bond donors (Lipinski definition) is 1. The summed E-state index contributed by atoms with van der Waals surface area (Å²) < 4.78 is 0. The van der Waals surface area contributed by atoms with E-state index in [1.165, 1.54) is 0 Å². The molecule has 1 aliphatic rings. The molecule has 0 amide bonds. The van der Waals surface area contributed by atoms with Gasteiger partial charge < -0.3 is 10.0 Å². The van der Waals surface area contributed by atoms with Crippen LogP contribution in [-0.4, -0.2) is 34.1 Å². The molecule has 0 spiro atoms. The Hall–Kier alpha value is -2.66. The van der Waals surface area contributed by atoms with Gasteiger partial charge in [-0.2, -0.15) is 0 Å². The predicted octanol–water partition coefficient (Wildman–Crippen LogP) is 4.56. The summed E-state index contributed by atoms with van der Waals surface area (Å²) in [6.07, 6.45) is 3.09. The minimum absolute atomic E-state index is 0.371. The average molecular weight is 382 g/mol. The highest BCUT2D eigenvalue weighted by molar-refractivity contribution is 6.31. The molecule has 27 heavy (non-hydrogen) atoms. The molecule has 0 radical (unpaired) electrons. The van der Waals surface area contributed by atoms with Crippen molar-refractivity contribution < 1.29 is 9.90 Å². The number of halogens is 1. The lowest BCUT2D eigenvalue weighted by molar-refractivity contribution is -0.141. The van der Waals surface area contributed by atoms with Crippen LogP contribution in [0.3, 0.4) is 0 Å². The fourth-order valence-electron chi connectivity index (χ4n) is 3.70. The lowest BCUT2D eigenvalue weighted by atomic mass is 9.96. The quantitative estimate of drug-likeness (QED) is 0.720. The van der Waals surface area contributed by atoms with Crippen molar-refractivity contribution in [3.05, 3.63) is 53.3 Å². The molecule has 1 N–H and O–H groups in total. The van der Waals surface area contributed by atoms with E-state index in [0.29, 0.717) is 18.0 Å².